The maximum atomic E-state index is 11.8. The summed E-state index contributed by atoms with van der Waals surface area (Å²) in [5.74, 6) is 0.344. The van der Waals surface area contributed by atoms with E-state index in [4.69, 9.17) is 0 Å². The molecular formula is C11H13N5O2S. The molecule has 7 nitrogen and oxygen atoms in total. The van der Waals surface area contributed by atoms with E-state index in [1.165, 1.54) is 18.3 Å². The molecule has 2 aromatic heterocycles. The first kappa shape index (κ1) is 13.2. The van der Waals surface area contributed by atoms with Crippen LogP contribution in [0, 0.1) is 0 Å². The van der Waals surface area contributed by atoms with Crippen molar-refractivity contribution in [3.05, 3.63) is 29.3 Å². The van der Waals surface area contributed by atoms with Gasteiger partial charge in [-0.1, -0.05) is 0 Å². The zero-order chi connectivity index (χ0) is 13.7. The number of carbonyl (C=O) groups excluding carboxylic acids is 2. The first-order chi connectivity index (χ1) is 9.15. The fourth-order valence-electron chi connectivity index (χ4n) is 1.41. The highest BCUT2D eigenvalue weighted by Gasteiger charge is 2.10. The second kappa shape index (κ2) is 6.10. The fraction of sp³-hybridized carbons (Fsp3) is 0.273. The van der Waals surface area contributed by atoms with Crippen LogP contribution in [-0.4, -0.2) is 33.3 Å². The molecule has 0 aliphatic heterocycles. The summed E-state index contributed by atoms with van der Waals surface area (Å²) in [6.07, 6.45) is 4.02. The predicted molar refractivity (Wildman–Crippen MR) is 71.0 cm³/mol. The molecule has 0 radical (unpaired) electrons. The maximum Gasteiger partial charge on any atom is 0.270 e. The van der Waals surface area contributed by atoms with E-state index in [9.17, 15) is 9.59 Å². The standard InChI is InChI=1S/C11H13N5O2S/c1-7(17)15-11-16-8(6-19-11)10(18)14-3-2-9-12-4-5-13-9/h4-6H,2-3H2,1H3,(H,12,13)(H,14,18)(H,15,16,17). The molecule has 0 atom stereocenters. The minimum atomic E-state index is -0.264. The Morgan fingerprint density at radius 1 is 1.47 bits per heavy atom. The van der Waals surface area contributed by atoms with Crippen LogP contribution in [0.5, 0.6) is 0 Å². The van der Waals surface area contributed by atoms with Crippen LogP contribution in [0.3, 0.4) is 0 Å². The van der Waals surface area contributed by atoms with Gasteiger partial charge in [0.25, 0.3) is 5.91 Å². The van der Waals surface area contributed by atoms with E-state index in [2.05, 4.69) is 25.6 Å². The third kappa shape index (κ3) is 3.88. The van der Waals surface area contributed by atoms with Gasteiger partial charge in [-0.25, -0.2) is 9.97 Å². The summed E-state index contributed by atoms with van der Waals surface area (Å²) in [6, 6.07) is 0. The number of aromatic amines is 1. The Bertz CT molecular complexity index is 563. The quantitative estimate of drug-likeness (QED) is 0.753. The number of rotatable bonds is 5. The van der Waals surface area contributed by atoms with Crippen LogP contribution in [-0.2, 0) is 11.2 Å². The number of carbonyl (C=O) groups is 2. The number of hydrogen-bond acceptors (Lipinski definition) is 5. The number of nitrogens with one attached hydrogen (secondary N) is 3. The number of imidazole rings is 1. The number of thiazole rings is 1. The van der Waals surface area contributed by atoms with Gasteiger partial charge < -0.3 is 15.6 Å². The number of hydrogen-bond donors (Lipinski definition) is 3. The average molecular weight is 279 g/mol. The monoisotopic (exact) mass is 279 g/mol. The Morgan fingerprint density at radius 2 is 2.32 bits per heavy atom. The van der Waals surface area contributed by atoms with Crippen molar-refractivity contribution in [2.75, 3.05) is 11.9 Å². The van der Waals surface area contributed by atoms with Crippen molar-refractivity contribution in [3.63, 3.8) is 0 Å². The van der Waals surface area contributed by atoms with Gasteiger partial charge in [0.05, 0.1) is 0 Å². The van der Waals surface area contributed by atoms with Crippen molar-refractivity contribution >= 4 is 28.3 Å². The van der Waals surface area contributed by atoms with Gasteiger partial charge in [0, 0.05) is 37.7 Å². The Hall–Kier alpha value is -2.22. The largest absolute Gasteiger partial charge is 0.350 e. The second-order valence-corrected chi connectivity index (χ2v) is 4.62. The summed E-state index contributed by atoms with van der Waals surface area (Å²) < 4.78 is 0. The number of aromatic nitrogens is 3. The number of H-pyrrole nitrogens is 1. The van der Waals surface area contributed by atoms with Crippen molar-refractivity contribution in [3.8, 4) is 0 Å². The molecule has 2 aromatic rings. The van der Waals surface area contributed by atoms with Crippen molar-refractivity contribution in [1.82, 2.24) is 20.3 Å². The molecule has 0 aliphatic rings. The van der Waals surface area contributed by atoms with Crippen LogP contribution < -0.4 is 10.6 Å². The SMILES string of the molecule is CC(=O)Nc1nc(C(=O)NCCc2ncc[nH]2)cs1. The molecule has 100 valence electrons. The van der Waals surface area contributed by atoms with Gasteiger partial charge in [0.15, 0.2) is 5.13 Å². The number of nitrogens with zero attached hydrogens (tertiary/aromatic N) is 2. The van der Waals surface area contributed by atoms with Crippen LogP contribution in [0.25, 0.3) is 0 Å². The number of amides is 2. The fourth-order valence-corrected chi connectivity index (χ4v) is 2.14. The first-order valence-corrected chi connectivity index (χ1v) is 6.52. The van der Waals surface area contributed by atoms with E-state index >= 15 is 0 Å². The molecule has 0 fully saturated rings. The van der Waals surface area contributed by atoms with Crippen molar-refractivity contribution < 1.29 is 9.59 Å². The smallest absolute Gasteiger partial charge is 0.270 e. The molecule has 2 rings (SSSR count). The summed E-state index contributed by atoms with van der Waals surface area (Å²) >= 11 is 1.22. The van der Waals surface area contributed by atoms with E-state index in [0.29, 0.717) is 23.8 Å². The molecule has 19 heavy (non-hydrogen) atoms. The van der Waals surface area contributed by atoms with E-state index in [1.807, 2.05) is 0 Å². The van der Waals surface area contributed by atoms with E-state index in [1.54, 1.807) is 17.8 Å². The van der Waals surface area contributed by atoms with Crippen LogP contribution in [0.1, 0.15) is 23.2 Å². The minimum Gasteiger partial charge on any atom is -0.350 e. The van der Waals surface area contributed by atoms with Gasteiger partial charge in [-0.05, 0) is 0 Å². The molecule has 0 bridgehead atoms. The zero-order valence-electron chi connectivity index (χ0n) is 10.3. The van der Waals surface area contributed by atoms with Crippen LogP contribution >= 0.6 is 11.3 Å². The van der Waals surface area contributed by atoms with E-state index in [-0.39, 0.29) is 11.8 Å². The molecule has 8 heteroatoms. The maximum absolute atomic E-state index is 11.8. The summed E-state index contributed by atoms with van der Waals surface area (Å²) in [5.41, 5.74) is 0.299. The highest BCUT2D eigenvalue weighted by Crippen LogP contribution is 2.14. The van der Waals surface area contributed by atoms with E-state index in [0.717, 1.165) is 5.82 Å². The second-order valence-electron chi connectivity index (χ2n) is 3.76. The normalized spacial score (nSPS) is 10.2. The van der Waals surface area contributed by atoms with Gasteiger partial charge in [0.2, 0.25) is 5.91 Å². The van der Waals surface area contributed by atoms with Crippen molar-refractivity contribution in [2.45, 2.75) is 13.3 Å². The molecule has 0 spiro atoms. The third-order valence-electron chi connectivity index (χ3n) is 2.22. The topological polar surface area (TPSA) is 99.8 Å². The highest BCUT2D eigenvalue weighted by molar-refractivity contribution is 7.14. The average Bonchev–Trinajstić information content (AvgIpc) is 2.99. The predicted octanol–water partition coefficient (Wildman–Crippen LogP) is 0.797. The van der Waals surface area contributed by atoms with Gasteiger partial charge in [-0.2, -0.15) is 0 Å². The lowest BCUT2D eigenvalue weighted by molar-refractivity contribution is -0.114. The van der Waals surface area contributed by atoms with Crippen LogP contribution in [0.2, 0.25) is 0 Å². The molecular weight excluding hydrogens is 266 g/mol. The summed E-state index contributed by atoms with van der Waals surface area (Å²) in [7, 11) is 0. The Labute approximate surface area is 113 Å². The Kier molecular flexibility index (Phi) is 4.24. The van der Waals surface area contributed by atoms with Crippen molar-refractivity contribution in [2.24, 2.45) is 0 Å². The minimum absolute atomic E-state index is 0.209. The molecule has 2 heterocycles. The molecule has 0 aromatic carbocycles. The van der Waals surface area contributed by atoms with Crippen molar-refractivity contribution in [1.29, 1.82) is 0 Å². The van der Waals surface area contributed by atoms with E-state index < -0.39 is 0 Å². The summed E-state index contributed by atoms with van der Waals surface area (Å²) in [5, 5.41) is 7.29. The molecule has 0 saturated heterocycles. The lowest BCUT2D eigenvalue weighted by Gasteiger charge is -2.01. The lowest BCUT2D eigenvalue weighted by Crippen LogP contribution is -2.26. The van der Waals surface area contributed by atoms with Crippen LogP contribution in [0.4, 0.5) is 5.13 Å². The molecule has 3 N–H and O–H groups in total. The zero-order valence-corrected chi connectivity index (χ0v) is 11.1. The van der Waals surface area contributed by atoms with Gasteiger partial charge in [0.1, 0.15) is 11.5 Å². The molecule has 0 unspecified atom stereocenters. The van der Waals surface area contributed by atoms with Gasteiger partial charge in [-0.3, -0.25) is 9.59 Å². The van der Waals surface area contributed by atoms with Gasteiger partial charge >= 0.3 is 0 Å². The van der Waals surface area contributed by atoms with Gasteiger partial charge in [-0.15, -0.1) is 11.3 Å². The summed E-state index contributed by atoms with van der Waals surface area (Å²) in [6.45, 7) is 1.86. The molecule has 0 saturated carbocycles. The summed E-state index contributed by atoms with van der Waals surface area (Å²) in [4.78, 5) is 33.6. The number of anilines is 1. The molecule has 2 amide bonds. The first-order valence-electron chi connectivity index (χ1n) is 5.64. The Morgan fingerprint density at radius 3 is 3.00 bits per heavy atom. The Balaban J connectivity index is 1.82. The highest BCUT2D eigenvalue weighted by atomic mass is 32.1. The van der Waals surface area contributed by atoms with Crippen LogP contribution in [0.15, 0.2) is 17.8 Å². The lowest BCUT2D eigenvalue weighted by atomic mass is 10.4. The molecule has 0 aliphatic carbocycles. The third-order valence-corrected chi connectivity index (χ3v) is 2.98.